The van der Waals surface area contributed by atoms with Gasteiger partial charge >= 0.3 is 0 Å². The summed E-state index contributed by atoms with van der Waals surface area (Å²) < 4.78 is 16.1. The zero-order valence-corrected chi connectivity index (χ0v) is 11.1. The summed E-state index contributed by atoms with van der Waals surface area (Å²) in [6.45, 7) is 2.32. The third-order valence-electron chi connectivity index (χ3n) is 2.82. The van der Waals surface area contributed by atoms with Crippen molar-refractivity contribution in [2.75, 3.05) is 20.8 Å². The van der Waals surface area contributed by atoms with E-state index in [2.05, 4.69) is 4.98 Å². The molecule has 0 bridgehead atoms. The molecular weight excluding hydrogens is 246 g/mol. The molecule has 1 aliphatic rings. The molecule has 0 fully saturated rings. The van der Waals surface area contributed by atoms with Crippen molar-refractivity contribution in [3.05, 3.63) is 17.3 Å². The van der Waals surface area contributed by atoms with Gasteiger partial charge in [0.15, 0.2) is 5.75 Å². The predicted molar refractivity (Wildman–Crippen MR) is 71.3 cm³/mol. The molecule has 0 saturated heterocycles. The molecule has 1 aliphatic carbocycles. The molecule has 1 heterocycles. The first-order valence-electron chi connectivity index (χ1n) is 5.96. The van der Waals surface area contributed by atoms with Gasteiger partial charge in [-0.25, -0.2) is 9.78 Å². The number of ether oxygens (including phenoxy) is 3. The molecule has 19 heavy (non-hydrogen) atoms. The van der Waals surface area contributed by atoms with E-state index in [9.17, 15) is 4.79 Å². The standard InChI is InChI=1S/C14H15NO4/c1-4-19-14-13(18-3)12(17-2)11-9(8-16)6-5-7-10(11)15-14/h5,7H,4,6H2,1-3H3. The number of pyridine rings is 1. The fourth-order valence-corrected chi connectivity index (χ4v) is 2.05. The lowest BCUT2D eigenvalue weighted by molar-refractivity contribution is 0.285. The van der Waals surface area contributed by atoms with Crippen molar-refractivity contribution in [3.8, 4) is 17.4 Å². The van der Waals surface area contributed by atoms with Crippen molar-refractivity contribution in [3.63, 3.8) is 0 Å². The molecule has 5 heteroatoms. The molecule has 1 aromatic heterocycles. The molecule has 0 atom stereocenters. The zero-order valence-electron chi connectivity index (χ0n) is 11.1. The molecule has 0 aromatic carbocycles. The normalized spacial score (nSPS) is 12.7. The molecule has 100 valence electrons. The molecular formula is C14H15NO4. The molecule has 0 unspecified atom stereocenters. The lowest BCUT2D eigenvalue weighted by Crippen LogP contribution is -2.07. The minimum atomic E-state index is 0.359. The molecule has 0 N–H and O–H groups in total. The van der Waals surface area contributed by atoms with Crippen LogP contribution in [0.2, 0.25) is 0 Å². The average molecular weight is 261 g/mol. The van der Waals surface area contributed by atoms with Crippen molar-refractivity contribution >= 4 is 17.6 Å². The van der Waals surface area contributed by atoms with Gasteiger partial charge in [0.1, 0.15) is 5.94 Å². The summed E-state index contributed by atoms with van der Waals surface area (Å²) in [5, 5.41) is 0. The highest BCUT2D eigenvalue weighted by molar-refractivity contribution is 5.96. The number of nitrogens with zero attached hydrogens (tertiary/aromatic N) is 1. The fourth-order valence-electron chi connectivity index (χ4n) is 2.05. The van der Waals surface area contributed by atoms with Crippen LogP contribution in [0.3, 0.4) is 0 Å². The number of rotatable bonds is 4. The summed E-state index contributed by atoms with van der Waals surface area (Å²) in [6, 6.07) is 0. The van der Waals surface area contributed by atoms with Gasteiger partial charge in [0.2, 0.25) is 5.75 Å². The Balaban J connectivity index is 2.75. The number of fused-ring (bicyclic) bond motifs is 1. The lowest BCUT2D eigenvalue weighted by Gasteiger charge is -2.19. The van der Waals surface area contributed by atoms with Crippen LogP contribution in [-0.2, 0) is 4.79 Å². The molecule has 0 amide bonds. The van der Waals surface area contributed by atoms with Gasteiger partial charge in [0.25, 0.3) is 5.88 Å². The van der Waals surface area contributed by atoms with Gasteiger partial charge in [-0.3, -0.25) is 0 Å². The van der Waals surface area contributed by atoms with Crippen LogP contribution in [0.25, 0.3) is 11.6 Å². The molecule has 0 aliphatic heterocycles. The van der Waals surface area contributed by atoms with Crippen molar-refractivity contribution in [1.82, 2.24) is 4.98 Å². The zero-order chi connectivity index (χ0) is 13.8. The Hall–Kier alpha value is -2.26. The fraction of sp³-hybridized carbons (Fsp3) is 0.357. The first-order valence-corrected chi connectivity index (χ1v) is 5.96. The Kier molecular flexibility index (Phi) is 3.88. The van der Waals surface area contributed by atoms with Gasteiger partial charge in [-0.15, -0.1) is 0 Å². The van der Waals surface area contributed by atoms with E-state index in [-0.39, 0.29) is 0 Å². The second-order valence-electron chi connectivity index (χ2n) is 3.86. The van der Waals surface area contributed by atoms with Crippen LogP contribution in [0.1, 0.15) is 24.6 Å². The van der Waals surface area contributed by atoms with Crippen molar-refractivity contribution < 1.29 is 19.0 Å². The summed E-state index contributed by atoms with van der Waals surface area (Å²) in [7, 11) is 3.03. The first kappa shape index (κ1) is 13.2. The van der Waals surface area contributed by atoms with Crippen LogP contribution in [0, 0.1) is 0 Å². The maximum absolute atomic E-state index is 11.0. The summed E-state index contributed by atoms with van der Waals surface area (Å²) >= 11 is 0. The van der Waals surface area contributed by atoms with Gasteiger partial charge in [-0.2, -0.15) is 0 Å². The van der Waals surface area contributed by atoms with Crippen molar-refractivity contribution in [2.24, 2.45) is 0 Å². The molecule has 1 aromatic rings. The first-order chi connectivity index (χ1) is 9.26. The van der Waals surface area contributed by atoms with Gasteiger partial charge in [0.05, 0.1) is 37.7 Å². The third kappa shape index (κ3) is 2.20. The van der Waals surface area contributed by atoms with Crippen LogP contribution >= 0.6 is 0 Å². The van der Waals surface area contributed by atoms with E-state index in [0.717, 1.165) is 0 Å². The smallest absolute Gasteiger partial charge is 0.261 e. The largest absolute Gasteiger partial charge is 0.492 e. The van der Waals surface area contributed by atoms with Crippen LogP contribution in [-0.4, -0.2) is 31.8 Å². The molecule has 0 saturated carbocycles. The number of hydrogen-bond donors (Lipinski definition) is 0. The van der Waals surface area contributed by atoms with E-state index >= 15 is 0 Å². The Bertz CT molecular complexity index is 571. The highest BCUT2D eigenvalue weighted by Crippen LogP contribution is 2.44. The highest BCUT2D eigenvalue weighted by Gasteiger charge is 2.25. The number of aromatic nitrogens is 1. The van der Waals surface area contributed by atoms with Crippen LogP contribution < -0.4 is 14.2 Å². The third-order valence-corrected chi connectivity index (χ3v) is 2.82. The molecule has 2 rings (SSSR count). The molecule has 5 nitrogen and oxygen atoms in total. The maximum Gasteiger partial charge on any atom is 0.261 e. The summed E-state index contributed by atoms with van der Waals surface area (Å²) in [4.78, 5) is 15.4. The second-order valence-corrected chi connectivity index (χ2v) is 3.86. The molecule has 0 radical (unpaired) electrons. The van der Waals surface area contributed by atoms with E-state index in [1.807, 2.05) is 25.0 Å². The maximum atomic E-state index is 11.0. The van der Waals surface area contributed by atoms with Gasteiger partial charge in [0, 0.05) is 6.42 Å². The SMILES string of the molecule is CCOc1nc2c(c(OC)c1OC)C(=C=O)CC=C2. The lowest BCUT2D eigenvalue weighted by atomic mass is 9.96. The van der Waals surface area contributed by atoms with Crippen LogP contribution in [0.15, 0.2) is 6.08 Å². The number of carbonyl (C=O) groups excluding carboxylic acids is 1. The summed E-state index contributed by atoms with van der Waals surface area (Å²) in [5.74, 6) is 3.15. The van der Waals surface area contributed by atoms with E-state index in [4.69, 9.17) is 14.2 Å². The van der Waals surface area contributed by atoms with Gasteiger partial charge in [-0.1, -0.05) is 6.08 Å². The Morgan fingerprint density at radius 2 is 2.05 bits per heavy atom. The van der Waals surface area contributed by atoms with E-state index in [1.54, 1.807) is 0 Å². The number of methoxy groups -OCH3 is 2. The van der Waals surface area contributed by atoms with Crippen molar-refractivity contribution in [2.45, 2.75) is 13.3 Å². The minimum absolute atomic E-state index is 0.359. The summed E-state index contributed by atoms with van der Waals surface area (Å²) in [6.07, 6.45) is 4.20. The summed E-state index contributed by atoms with van der Waals surface area (Å²) in [5.41, 5.74) is 1.76. The highest BCUT2D eigenvalue weighted by atomic mass is 16.5. The Morgan fingerprint density at radius 1 is 1.32 bits per heavy atom. The van der Waals surface area contributed by atoms with Crippen molar-refractivity contribution in [1.29, 1.82) is 0 Å². The van der Waals surface area contributed by atoms with Crippen LogP contribution in [0.4, 0.5) is 0 Å². The van der Waals surface area contributed by atoms with E-state index in [0.29, 0.717) is 47.2 Å². The average Bonchev–Trinajstić information content (AvgIpc) is 2.45. The van der Waals surface area contributed by atoms with E-state index in [1.165, 1.54) is 14.2 Å². The van der Waals surface area contributed by atoms with E-state index < -0.39 is 0 Å². The molecule has 0 spiro atoms. The monoisotopic (exact) mass is 261 g/mol. The number of hydrogen-bond acceptors (Lipinski definition) is 5. The topological polar surface area (TPSA) is 57.6 Å². The van der Waals surface area contributed by atoms with Gasteiger partial charge < -0.3 is 14.2 Å². The Labute approximate surface area is 111 Å². The predicted octanol–water partition coefficient (Wildman–Crippen LogP) is 2.13. The minimum Gasteiger partial charge on any atom is -0.492 e. The Morgan fingerprint density at radius 3 is 2.63 bits per heavy atom. The van der Waals surface area contributed by atoms with Gasteiger partial charge in [-0.05, 0) is 13.0 Å². The van der Waals surface area contributed by atoms with Crippen LogP contribution in [0.5, 0.6) is 17.4 Å². The number of allylic oxidation sites excluding steroid dienone is 2. The quantitative estimate of drug-likeness (QED) is 0.777. The second kappa shape index (κ2) is 5.59.